The molecule has 2 N–H and O–H groups in total. The predicted octanol–water partition coefficient (Wildman–Crippen LogP) is -7.21. The molecule has 19 heavy (non-hydrogen) atoms. The quantitative estimate of drug-likeness (QED) is 0.494. The summed E-state index contributed by atoms with van der Waals surface area (Å²) >= 11 is 0. The summed E-state index contributed by atoms with van der Waals surface area (Å²) < 4.78 is 4.86. The SMILES string of the molecule is N#Cc1ccc2c(c1C(=O)[O-])O[B-](O)(O)CC2.[Na+].[Na+]. The third-order valence-corrected chi connectivity index (χ3v) is 2.66. The molecule has 0 radical (unpaired) electrons. The molecule has 0 unspecified atom stereocenters. The molecule has 0 bridgehead atoms. The number of hydrogen-bond donors (Lipinski definition) is 2. The summed E-state index contributed by atoms with van der Waals surface area (Å²) in [6.45, 7) is -3.06. The van der Waals surface area contributed by atoms with Crippen molar-refractivity contribution in [2.45, 2.75) is 12.7 Å². The number of hydrogen-bond acceptors (Lipinski definition) is 6. The average Bonchev–Trinajstić information content (AvgIpc) is 2.25. The Hall–Kier alpha value is -0.0351. The molecule has 6 nitrogen and oxygen atoms in total. The number of carboxylic acids is 1. The van der Waals surface area contributed by atoms with Gasteiger partial charge in [-0.05, 0) is 18.1 Å². The van der Waals surface area contributed by atoms with Crippen molar-refractivity contribution in [3.63, 3.8) is 0 Å². The smallest absolute Gasteiger partial charge is 0.669 e. The molecule has 1 heterocycles. The standard InChI is InChI=1S/C10H9BNO5.2Na/c12-5-7-2-1-6-3-4-11(15,16)17-9(6)8(7)10(13)14;;/h1-2,15-16H,3-4H2,(H,13,14);;/q-1;2*+1/p-1. The van der Waals surface area contributed by atoms with Crippen molar-refractivity contribution in [2.75, 3.05) is 0 Å². The number of nitrogens with zero attached hydrogens (tertiary/aromatic N) is 1. The first-order valence-corrected chi connectivity index (χ1v) is 5.01. The van der Waals surface area contributed by atoms with Crippen LogP contribution in [0.1, 0.15) is 21.5 Å². The normalized spacial score (nSPS) is 14.8. The van der Waals surface area contributed by atoms with Crippen LogP contribution in [0.4, 0.5) is 0 Å². The molecule has 1 aliphatic heterocycles. The Morgan fingerprint density at radius 2 is 2.05 bits per heavy atom. The summed E-state index contributed by atoms with van der Waals surface area (Å²) in [6.07, 6.45) is 0.264. The molecule has 2 rings (SSSR count). The van der Waals surface area contributed by atoms with Crippen LogP contribution in [-0.2, 0) is 6.42 Å². The molecule has 1 aromatic carbocycles. The van der Waals surface area contributed by atoms with Crippen LogP contribution in [0, 0.1) is 11.3 Å². The van der Waals surface area contributed by atoms with E-state index < -0.39 is 18.3 Å². The van der Waals surface area contributed by atoms with Gasteiger partial charge in [0.25, 0.3) is 0 Å². The fraction of sp³-hybridized carbons (Fsp3) is 0.200. The fourth-order valence-electron chi connectivity index (χ4n) is 1.84. The first kappa shape index (κ1) is 19.0. The Balaban J connectivity index is 0.00000162. The van der Waals surface area contributed by atoms with Crippen molar-refractivity contribution in [3.05, 3.63) is 28.8 Å². The predicted molar refractivity (Wildman–Crippen MR) is 54.8 cm³/mol. The number of aryl methyl sites for hydroxylation is 1. The van der Waals surface area contributed by atoms with Crippen molar-refractivity contribution in [3.8, 4) is 11.8 Å². The Morgan fingerprint density at radius 3 is 2.58 bits per heavy atom. The zero-order valence-electron chi connectivity index (χ0n) is 10.7. The molecule has 88 valence electrons. The molecule has 0 aliphatic carbocycles. The minimum absolute atomic E-state index is 0. The van der Waals surface area contributed by atoms with Crippen LogP contribution in [0.2, 0.25) is 6.32 Å². The molecule has 0 saturated heterocycles. The maximum atomic E-state index is 11.0. The van der Waals surface area contributed by atoms with E-state index in [4.69, 9.17) is 9.92 Å². The fourth-order valence-corrected chi connectivity index (χ4v) is 1.84. The molecular weight excluding hydrogens is 271 g/mol. The zero-order valence-corrected chi connectivity index (χ0v) is 14.7. The van der Waals surface area contributed by atoms with Crippen molar-refractivity contribution in [1.82, 2.24) is 0 Å². The van der Waals surface area contributed by atoms with Crippen molar-refractivity contribution >= 4 is 12.7 Å². The number of fused-ring (bicyclic) bond motifs is 1. The Morgan fingerprint density at radius 1 is 1.42 bits per heavy atom. The van der Waals surface area contributed by atoms with Crippen molar-refractivity contribution in [1.29, 1.82) is 5.26 Å². The van der Waals surface area contributed by atoms with Gasteiger partial charge in [0.05, 0.1) is 28.9 Å². The summed E-state index contributed by atoms with van der Waals surface area (Å²) in [6, 6.07) is 4.58. The second-order valence-corrected chi connectivity index (χ2v) is 3.89. The average molecular weight is 279 g/mol. The molecule has 9 heteroatoms. The molecule has 0 amide bonds. The van der Waals surface area contributed by atoms with Gasteiger partial charge >= 0.3 is 65.9 Å². The van der Waals surface area contributed by atoms with Crippen LogP contribution in [0.25, 0.3) is 0 Å². The molecule has 1 aromatic rings. The van der Waals surface area contributed by atoms with Crippen molar-refractivity contribution < 1.29 is 83.7 Å². The van der Waals surface area contributed by atoms with E-state index in [-0.39, 0.29) is 83.2 Å². The van der Waals surface area contributed by atoms with Gasteiger partial charge in [0, 0.05) is 0 Å². The van der Waals surface area contributed by atoms with Gasteiger partial charge in [-0.25, -0.2) is 0 Å². The van der Waals surface area contributed by atoms with E-state index in [0.717, 1.165) is 0 Å². The van der Waals surface area contributed by atoms with Crippen LogP contribution < -0.4 is 68.9 Å². The van der Waals surface area contributed by atoms with Crippen LogP contribution in [0.3, 0.4) is 0 Å². The summed E-state index contributed by atoms with van der Waals surface area (Å²) in [7, 11) is 0. The summed E-state index contributed by atoms with van der Waals surface area (Å²) in [5.41, 5.74) is -0.0416. The van der Waals surface area contributed by atoms with Gasteiger partial charge in [-0.3, -0.25) is 0 Å². The largest absolute Gasteiger partial charge is 1.00 e. The zero-order chi connectivity index (χ0) is 12.6. The van der Waals surface area contributed by atoms with Crippen LogP contribution in [0.5, 0.6) is 5.75 Å². The second-order valence-electron chi connectivity index (χ2n) is 3.89. The van der Waals surface area contributed by atoms with Gasteiger partial charge < -0.3 is 24.6 Å². The maximum absolute atomic E-state index is 11.0. The first-order chi connectivity index (χ1) is 7.94. The third kappa shape index (κ3) is 3.97. The Kier molecular flexibility index (Phi) is 7.10. The van der Waals surface area contributed by atoms with E-state index in [1.54, 1.807) is 6.07 Å². The van der Waals surface area contributed by atoms with Gasteiger partial charge in [0.15, 0.2) is 0 Å². The number of carbonyl (C=O) groups excluding carboxylic acids is 1. The van der Waals surface area contributed by atoms with Gasteiger partial charge in [-0.15, -0.1) is 0 Å². The molecule has 0 saturated carbocycles. The third-order valence-electron chi connectivity index (χ3n) is 2.66. The number of benzene rings is 1. The molecular formula is C10H8BNNa2O5. The Bertz CT molecular complexity index is 543. The second kappa shape index (κ2) is 7.11. The summed E-state index contributed by atoms with van der Waals surface area (Å²) in [5.74, 6) is -1.76. The van der Waals surface area contributed by atoms with E-state index in [9.17, 15) is 19.9 Å². The van der Waals surface area contributed by atoms with Gasteiger partial charge in [-0.1, -0.05) is 12.4 Å². The summed E-state index contributed by atoms with van der Waals surface area (Å²) in [4.78, 5) is 11.0. The van der Waals surface area contributed by atoms with Crippen LogP contribution >= 0.6 is 0 Å². The first-order valence-electron chi connectivity index (χ1n) is 5.01. The van der Waals surface area contributed by atoms with E-state index >= 15 is 0 Å². The molecule has 1 aliphatic rings. The van der Waals surface area contributed by atoms with Gasteiger partial charge in [0.1, 0.15) is 0 Å². The van der Waals surface area contributed by atoms with Gasteiger partial charge in [0.2, 0.25) is 0 Å². The number of carbonyl (C=O) groups is 1. The minimum atomic E-state index is -3.06. The summed E-state index contributed by atoms with van der Waals surface area (Å²) in [5, 5.41) is 38.5. The van der Waals surface area contributed by atoms with E-state index in [0.29, 0.717) is 5.56 Å². The molecule has 0 aromatic heterocycles. The molecule has 0 atom stereocenters. The molecule has 0 spiro atoms. The monoisotopic (exact) mass is 279 g/mol. The van der Waals surface area contributed by atoms with Crippen molar-refractivity contribution in [2.24, 2.45) is 0 Å². The maximum Gasteiger partial charge on any atom is 1.00 e. The van der Waals surface area contributed by atoms with E-state index in [2.05, 4.69) is 0 Å². The molecule has 0 fully saturated rings. The van der Waals surface area contributed by atoms with E-state index in [1.807, 2.05) is 0 Å². The minimum Gasteiger partial charge on any atom is -0.669 e. The van der Waals surface area contributed by atoms with E-state index in [1.165, 1.54) is 12.1 Å². The van der Waals surface area contributed by atoms with Crippen LogP contribution in [0.15, 0.2) is 12.1 Å². The van der Waals surface area contributed by atoms with Gasteiger partial charge in [-0.2, -0.15) is 5.26 Å². The number of aromatic carboxylic acids is 1. The number of nitriles is 1. The van der Waals surface area contributed by atoms with Crippen LogP contribution in [-0.4, -0.2) is 22.8 Å². The topological polar surface area (TPSA) is 114 Å². The Labute approximate surface area is 154 Å². The number of rotatable bonds is 1. The number of carboxylic acid groups (broad SMARTS) is 1.